The van der Waals surface area contributed by atoms with Gasteiger partial charge in [-0.25, -0.2) is 4.79 Å². The van der Waals surface area contributed by atoms with Crippen LogP contribution in [0.1, 0.15) is 27.2 Å². The van der Waals surface area contributed by atoms with Crippen molar-refractivity contribution in [1.82, 2.24) is 10.6 Å². The van der Waals surface area contributed by atoms with E-state index in [1.54, 1.807) is 4.90 Å². The van der Waals surface area contributed by atoms with Crippen LogP contribution < -0.4 is 25.0 Å². The maximum atomic E-state index is 12.3. The lowest BCUT2D eigenvalue weighted by atomic mass is 10.1. The number of nitrogens with zero attached hydrogens (tertiary/aromatic N) is 1. The molecule has 1 fully saturated rings. The lowest BCUT2D eigenvalue weighted by Crippen LogP contribution is -2.47. The molecule has 0 bridgehead atoms. The molecule has 1 aromatic carbocycles. The molecule has 2 heterocycles. The van der Waals surface area contributed by atoms with E-state index < -0.39 is 0 Å². The number of fused-ring (bicyclic) bond motifs is 1. The van der Waals surface area contributed by atoms with Crippen LogP contribution in [0.4, 0.5) is 10.5 Å². The van der Waals surface area contributed by atoms with Gasteiger partial charge in [-0.15, -0.1) is 0 Å². The van der Waals surface area contributed by atoms with Crippen LogP contribution in [0.5, 0.6) is 11.5 Å². The fourth-order valence-corrected chi connectivity index (χ4v) is 2.84. The number of carbonyl (C=O) groups excluding carboxylic acids is 2. The molecular weight excluding hydrogens is 310 g/mol. The van der Waals surface area contributed by atoms with Gasteiger partial charge in [-0.1, -0.05) is 0 Å². The number of benzene rings is 1. The molecule has 3 amide bonds. The molecule has 2 N–H and O–H groups in total. The maximum absolute atomic E-state index is 12.3. The molecule has 130 valence electrons. The van der Waals surface area contributed by atoms with Crippen LogP contribution in [-0.2, 0) is 4.79 Å². The van der Waals surface area contributed by atoms with Gasteiger partial charge < -0.3 is 25.0 Å². The van der Waals surface area contributed by atoms with Gasteiger partial charge in [0.15, 0.2) is 11.5 Å². The highest BCUT2D eigenvalue weighted by Gasteiger charge is 2.31. The number of ether oxygens (including phenoxy) is 2. The Morgan fingerprint density at radius 3 is 2.79 bits per heavy atom. The summed E-state index contributed by atoms with van der Waals surface area (Å²) in [5.41, 5.74) is 0.513. The van der Waals surface area contributed by atoms with Gasteiger partial charge in [-0.05, 0) is 32.9 Å². The van der Waals surface area contributed by atoms with E-state index in [1.807, 2.05) is 39.0 Å². The second-order valence-corrected chi connectivity index (χ2v) is 7.20. The third-order valence-corrected chi connectivity index (χ3v) is 3.91. The Morgan fingerprint density at radius 2 is 2.04 bits per heavy atom. The summed E-state index contributed by atoms with van der Waals surface area (Å²) < 4.78 is 10.6. The summed E-state index contributed by atoms with van der Waals surface area (Å²) in [6.45, 7) is 7.03. The van der Waals surface area contributed by atoms with Gasteiger partial charge in [-0.2, -0.15) is 0 Å². The number of urea groups is 1. The number of rotatable bonds is 3. The summed E-state index contributed by atoms with van der Waals surface area (Å²) >= 11 is 0. The Kier molecular flexibility index (Phi) is 4.26. The van der Waals surface area contributed by atoms with Crippen molar-refractivity contribution < 1.29 is 19.1 Å². The third-order valence-electron chi connectivity index (χ3n) is 3.91. The summed E-state index contributed by atoms with van der Waals surface area (Å²) in [7, 11) is 0. The Labute approximate surface area is 141 Å². The van der Waals surface area contributed by atoms with E-state index in [-0.39, 0.29) is 30.2 Å². The minimum absolute atomic E-state index is 0.0527. The number of hydrogen-bond donors (Lipinski definition) is 2. The topological polar surface area (TPSA) is 79.9 Å². The van der Waals surface area contributed by atoms with E-state index in [4.69, 9.17) is 9.47 Å². The van der Waals surface area contributed by atoms with Crippen LogP contribution >= 0.6 is 0 Å². The van der Waals surface area contributed by atoms with Crippen molar-refractivity contribution in [2.75, 3.05) is 24.8 Å². The van der Waals surface area contributed by atoms with E-state index in [9.17, 15) is 9.59 Å². The fraction of sp³-hybridized carbons (Fsp3) is 0.529. The average Bonchev–Trinajstić information content (AvgIpc) is 3.08. The first-order chi connectivity index (χ1) is 11.3. The minimum atomic E-state index is -0.284. The number of anilines is 1. The number of nitrogens with one attached hydrogen (secondary N) is 2. The predicted octanol–water partition coefficient (Wildman–Crippen LogP) is 1.87. The van der Waals surface area contributed by atoms with E-state index in [0.29, 0.717) is 31.0 Å². The molecular formula is C17H23N3O4. The molecule has 1 saturated heterocycles. The van der Waals surface area contributed by atoms with Crippen molar-refractivity contribution >= 4 is 17.6 Å². The van der Waals surface area contributed by atoms with Crippen molar-refractivity contribution in [2.24, 2.45) is 5.92 Å². The van der Waals surface area contributed by atoms with Crippen LogP contribution in [0.2, 0.25) is 0 Å². The maximum Gasteiger partial charge on any atom is 0.315 e. The SMILES string of the molecule is CC(C)(C)NC(=O)NCC1CC(=O)N(c2ccc3c(c2)OCO3)C1. The van der Waals surface area contributed by atoms with Gasteiger partial charge in [0.05, 0.1) is 0 Å². The highest BCUT2D eigenvalue weighted by atomic mass is 16.7. The molecule has 0 aliphatic carbocycles. The molecule has 0 saturated carbocycles. The van der Waals surface area contributed by atoms with Crippen LogP contribution in [0.15, 0.2) is 18.2 Å². The zero-order chi connectivity index (χ0) is 17.3. The molecule has 1 atom stereocenters. The van der Waals surface area contributed by atoms with Crippen LogP contribution in [0, 0.1) is 5.92 Å². The summed E-state index contributed by atoms with van der Waals surface area (Å²) in [5.74, 6) is 1.50. The molecule has 1 aromatic rings. The molecule has 1 unspecified atom stereocenters. The molecule has 2 aliphatic rings. The first-order valence-electron chi connectivity index (χ1n) is 8.08. The van der Waals surface area contributed by atoms with Crippen LogP contribution in [-0.4, -0.2) is 37.4 Å². The molecule has 0 aromatic heterocycles. The first kappa shape index (κ1) is 16.4. The largest absolute Gasteiger partial charge is 0.454 e. The van der Waals surface area contributed by atoms with Gasteiger partial charge in [0.1, 0.15) is 0 Å². The van der Waals surface area contributed by atoms with Gasteiger partial charge in [-0.3, -0.25) is 4.79 Å². The Balaban J connectivity index is 1.57. The molecule has 3 rings (SSSR count). The Hall–Kier alpha value is -2.44. The molecule has 7 nitrogen and oxygen atoms in total. The van der Waals surface area contributed by atoms with Crippen molar-refractivity contribution in [2.45, 2.75) is 32.7 Å². The van der Waals surface area contributed by atoms with Crippen molar-refractivity contribution in [1.29, 1.82) is 0 Å². The van der Waals surface area contributed by atoms with Crippen LogP contribution in [0.3, 0.4) is 0 Å². The lowest BCUT2D eigenvalue weighted by Gasteiger charge is -2.21. The van der Waals surface area contributed by atoms with Crippen LogP contribution in [0.25, 0.3) is 0 Å². The average molecular weight is 333 g/mol. The Morgan fingerprint density at radius 1 is 1.29 bits per heavy atom. The second-order valence-electron chi connectivity index (χ2n) is 7.20. The van der Waals surface area contributed by atoms with E-state index in [0.717, 1.165) is 5.69 Å². The van der Waals surface area contributed by atoms with Crippen molar-refractivity contribution in [3.05, 3.63) is 18.2 Å². The molecule has 0 spiro atoms. The predicted molar refractivity (Wildman–Crippen MR) is 89.3 cm³/mol. The quantitative estimate of drug-likeness (QED) is 0.885. The third kappa shape index (κ3) is 3.72. The van der Waals surface area contributed by atoms with Crippen molar-refractivity contribution in [3.8, 4) is 11.5 Å². The highest BCUT2D eigenvalue weighted by Crippen LogP contribution is 2.37. The second kappa shape index (κ2) is 6.22. The summed E-state index contributed by atoms with van der Waals surface area (Å²) in [6, 6.07) is 5.28. The van der Waals surface area contributed by atoms with Gasteiger partial charge in [0, 0.05) is 42.7 Å². The number of hydrogen-bond acceptors (Lipinski definition) is 4. The highest BCUT2D eigenvalue weighted by molar-refractivity contribution is 5.96. The molecule has 7 heteroatoms. The monoisotopic (exact) mass is 333 g/mol. The van der Waals surface area contributed by atoms with Gasteiger partial charge in [0.2, 0.25) is 12.7 Å². The van der Waals surface area contributed by atoms with E-state index in [2.05, 4.69) is 10.6 Å². The summed E-state index contributed by atoms with van der Waals surface area (Å²) in [6.07, 6.45) is 0.421. The van der Waals surface area contributed by atoms with E-state index >= 15 is 0 Å². The molecule has 24 heavy (non-hydrogen) atoms. The lowest BCUT2D eigenvalue weighted by molar-refractivity contribution is -0.117. The molecule has 2 aliphatic heterocycles. The van der Waals surface area contributed by atoms with E-state index in [1.165, 1.54) is 0 Å². The zero-order valence-electron chi connectivity index (χ0n) is 14.2. The zero-order valence-corrected chi connectivity index (χ0v) is 14.2. The standard InChI is InChI=1S/C17H23N3O4/c1-17(2,3)19-16(22)18-8-11-6-15(21)20(9-11)12-4-5-13-14(7-12)24-10-23-13/h4-5,7,11H,6,8-10H2,1-3H3,(H2,18,19,22). The number of carbonyl (C=O) groups is 2. The van der Waals surface area contributed by atoms with Gasteiger partial charge >= 0.3 is 6.03 Å². The number of amides is 3. The minimum Gasteiger partial charge on any atom is -0.454 e. The molecule has 0 radical (unpaired) electrons. The Bertz CT molecular complexity index is 654. The smallest absolute Gasteiger partial charge is 0.315 e. The van der Waals surface area contributed by atoms with Gasteiger partial charge in [0.25, 0.3) is 0 Å². The summed E-state index contributed by atoms with van der Waals surface area (Å²) in [4.78, 5) is 25.8. The summed E-state index contributed by atoms with van der Waals surface area (Å²) in [5, 5.41) is 5.69. The normalized spacial score (nSPS) is 19.5. The fourth-order valence-electron chi connectivity index (χ4n) is 2.84. The first-order valence-corrected chi connectivity index (χ1v) is 8.08. The van der Waals surface area contributed by atoms with Crippen molar-refractivity contribution in [3.63, 3.8) is 0 Å².